The summed E-state index contributed by atoms with van der Waals surface area (Å²) >= 11 is 5.59. The van der Waals surface area contributed by atoms with Crippen LogP contribution < -0.4 is 4.74 Å². The van der Waals surface area contributed by atoms with E-state index in [4.69, 9.17) is 21.1 Å². The van der Waals surface area contributed by atoms with Crippen molar-refractivity contribution in [2.45, 2.75) is 50.9 Å². The number of carbonyl (C=O) groups is 1. The third-order valence-corrected chi connectivity index (χ3v) is 5.85. The third kappa shape index (κ3) is 2.83. The van der Waals surface area contributed by atoms with Crippen molar-refractivity contribution < 1.29 is 25.9 Å². The zero-order valence-corrected chi connectivity index (χ0v) is 13.9. The van der Waals surface area contributed by atoms with Gasteiger partial charge >= 0.3 is 5.97 Å². The Morgan fingerprint density at radius 2 is 2.23 bits per heavy atom. The molecule has 2 aliphatic rings. The maximum Gasteiger partial charge on any atom is 0.305 e. The van der Waals surface area contributed by atoms with E-state index in [-0.39, 0.29) is 18.2 Å². The fraction of sp³-hybridized carbons (Fsp3) is 0.611. The number of esters is 1. The second kappa shape index (κ2) is 6.49. The molecule has 1 saturated carbocycles. The molecule has 4 heteroatoms. The van der Waals surface area contributed by atoms with Gasteiger partial charge in [-0.1, -0.05) is 18.9 Å². The first-order valence-corrected chi connectivity index (χ1v) is 8.71. The Morgan fingerprint density at radius 1 is 1.36 bits per heavy atom. The normalized spacial score (nSPS) is 26.7. The molecule has 0 amide bonds. The number of hydrogen-bond acceptors (Lipinski definition) is 3. The van der Waals surface area contributed by atoms with Gasteiger partial charge in [-0.05, 0) is 54.9 Å². The van der Waals surface area contributed by atoms with Gasteiger partial charge in [0.05, 0.1) is 5.41 Å². The summed E-state index contributed by atoms with van der Waals surface area (Å²) in [5.41, 5.74) is 2.96. The number of alkyl halides is 1. The molecule has 0 aliphatic heterocycles. The van der Waals surface area contributed by atoms with Gasteiger partial charge in [-0.15, -0.1) is 0 Å². The Bertz CT molecular complexity index is 557. The predicted molar refractivity (Wildman–Crippen MR) is 81.9 cm³/mol. The van der Waals surface area contributed by atoms with Crippen LogP contribution in [0.15, 0.2) is 18.2 Å². The summed E-state index contributed by atoms with van der Waals surface area (Å²) in [4.78, 5) is 10.8. The fourth-order valence-electron chi connectivity index (χ4n) is 4.19. The largest absolute Gasteiger partial charge is 0.457 e. The molecule has 1 aromatic rings. The summed E-state index contributed by atoms with van der Waals surface area (Å²) in [5.74, 6) is 1.95. The van der Waals surface area contributed by atoms with Gasteiger partial charge in [0.25, 0.3) is 0 Å². The molecular weight excluding hydrogens is 300 g/mol. The van der Waals surface area contributed by atoms with Crippen LogP contribution in [-0.4, -0.2) is 18.6 Å². The minimum absolute atomic E-state index is 0.0293. The number of rotatable bonds is 4. The minimum Gasteiger partial charge on any atom is -0.457 e. The smallest absolute Gasteiger partial charge is 0.305 e. The lowest BCUT2D eigenvalue weighted by molar-refractivity contribution is -0.389. The van der Waals surface area contributed by atoms with Crippen LogP contribution in [-0.2, 0) is 21.4 Å². The van der Waals surface area contributed by atoms with E-state index in [9.17, 15) is 4.79 Å². The van der Waals surface area contributed by atoms with Crippen molar-refractivity contribution in [2.75, 3.05) is 12.7 Å². The first-order chi connectivity index (χ1) is 10.7. The van der Waals surface area contributed by atoms with Crippen molar-refractivity contribution >= 4 is 5.97 Å². The molecule has 2 atom stereocenters. The van der Waals surface area contributed by atoms with E-state index in [1.54, 1.807) is 0 Å². The predicted octanol–water partition coefficient (Wildman–Crippen LogP) is 3.24. The van der Waals surface area contributed by atoms with Crippen LogP contribution in [0.25, 0.3) is 0 Å². The van der Waals surface area contributed by atoms with Crippen molar-refractivity contribution in [3.63, 3.8) is 0 Å². The van der Waals surface area contributed by atoms with Gasteiger partial charge in [0.1, 0.15) is 17.4 Å². The number of ether oxygens (including phenoxy) is 2. The number of aryl methyl sites for hydroxylation is 1. The highest BCUT2D eigenvalue weighted by Crippen LogP contribution is 2.50. The zero-order valence-electron chi connectivity index (χ0n) is 13.1. The molecule has 0 heterocycles. The molecule has 22 heavy (non-hydrogen) atoms. The molecule has 1 unspecified atom stereocenters. The SMILES string of the molecule is CC(=O)OCOc1ccc2c(c1)[C@]1(C[ClH+])CCCCC1CC2. The van der Waals surface area contributed by atoms with E-state index in [1.807, 2.05) is 6.07 Å². The Balaban J connectivity index is 1.87. The van der Waals surface area contributed by atoms with Crippen LogP contribution in [0.1, 0.15) is 50.2 Å². The second-order valence-electron chi connectivity index (χ2n) is 6.50. The van der Waals surface area contributed by atoms with E-state index in [0.717, 1.165) is 24.0 Å². The minimum atomic E-state index is -0.327. The van der Waals surface area contributed by atoms with Crippen LogP contribution >= 0.6 is 0 Å². The summed E-state index contributed by atoms with van der Waals surface area (Å²) in [7, 11) is 0. The molecule has 0 saturated heterocycles. The maximum absolute atomic E-state index is 10.8. The van der Waals surface area contributed by atoms with Crippen LogP contribution in [0.2, 0.25) is 0 Å². The van der Waals surface area contributed by atoms with Gasteiger partial charge in [0.2, 0.25) is 6.79 Å². The van der Waals surface area contributed by atoms with Crippen molar-refractivity contribution in [1.82, 2.24) is 0 Å². The lowest BCUT2D eigenvalue weighted by atomic mass is 9.58. The first kappa shape index (κ1) is 15.7. The molecule has 3 rings (SSSR count). The van der Waals surface area contributed by atoms with Crippen LogP contribution in [0.5, 0.6) is 5.75 Å². The summed E-state index contributed by atoms with van der Waals surface area (Å²) in [5, 5.41) is 0. The van der Waals surface area contributed by atoms with E-state index < -0.39 is 0 Å². The molecule has 3 nitrogen and oxygen atoms in total. The molecule has 120 valence electrons. The number of benzene rings is 1. The molecule has 0 spiro atoms. The molecular formula is C18H24ClO3+. The van der Waals surface area contributed by atoms with Gasteiger partial charge in [-0.3, -0.25) is 4.79 Å². The summed E-state index contributed by atoms with van der Waals surface area (Å²) < 4.78 is 10.4. The standard InChI is InChI=1S/C18H24ClO3/c1-13(20)21-12-22-16-8-6-14-5-7-15-4-2-3-9-18(15,11-19)17(14)10-16/h6,8,10,15,19H,2-5,7,9,11-12H2,1H3/q+1/t15?,18-/m0/s1. The van der Waals surface area contributed by atoms with Gasteiger partial charge in [0.15, 0.2) is 5.88 Å². The molecule has 0 N–H and O–H groups in total. The molecule has 2 aliphatic carbocycles. The Labute approximate surface area is 136 Å². The highest BCUT2D eigenvalue weighted by atomic mass is 35.5. The van der Waals surface area contributed by atoms with Crippen molar-refractivity contribution in [3.8, 4) is 5.75 Å². The van der Waals surface area contributed by atoms with Gasteiger partial charge < -0.3 is 9.47 Å². The number of carbonyl (C=O) groups excluding carboxylic acids is 1. The van der Waals surface area contributed by atoms with Crippen molar-refractivity contribution in [2.24, 2.45) is 5.92 Å². The fourth-order valence-corrected chi connectivity index (χ4v) is 4.73. The quantitative estimate of drug-likeness (QED) is 0.485. The second-order valence-corrected chi connectivity index (χ2v) is 6.79. The highest BCUT2D eigenvalue weighted by molar-refractivity contribution is 5.65. The van der Waals surface area contributed by atoms with Gasteiger partial charge in [0, 0.05) is 6.92 Å². The van der Waals surface area contributed by atoms with E-state index in [2.05, 4.69) is 12.1 Å². The molecule has 0 radical (unpaired) electrons. The lowest BCUT2D eigenvalue weighted by Gasteiger charge is -2.45. The van der Waals surface area contributed by atoms with Crippen LogP contribution in [0.4, 0.5) is 0 Å². The molecule has 0 aromatic heterocycles. The monoisotopic (exact) mass is 323 g/mol. The number of fused-ring (bicyclic) bond motifs is 3. The summed E-state index contributed by atoms with van der Waals surface area (Å²) in [6, 6.07) is 6.28. The molecule has 1 fully saturated rings. The topological polar surface area (TPSA) is 35.5 Å². The third-order valence-electron chi connectivity index (χ3n) is 5.33. The lowest BCUT2D eigenvalue weighted by Crippen LogP contribution is -2.44. The number of halogens is 1. The molecule has 0 bridgehead atoms. The van der Waals surface area contributed by atoms with Crippen LogP contribution in [0, 0.1) is 17.5 Å². The Morgan fingerprint density at radius 3 is 3.00 bits per heavy atom. The number of hydrogen-bond donors (Lipinski definition) is 0. The van der Waals surface area contributed by atoms with E-state index in [1.165, 1.54) is 50.2 Å². The van der Waals surface area contributed by atoms with Gasteiger partial charge in [-0.2, -0.15) is 0 Å². The average Bonchev–Trinajstić information content (AvgIpc) is 2.54. The summed E-state index contributed by atoms with van der Waals surface area (Å²) in [6.45, 7) is 1.35. The van der Waals surface area contributed by atoms with Gasteiger partial charge in [-0.25, -0.2) is 0 Å². The Kier molecular flexibility index (Phi) is 4.62. The summed E-state index contributed by atoms with van der Waals surface area (Å²) in [6.07, 6.45) is 7.50. The highest BCUT2D eigenvalue weighted by Gasteiger charge is 2.47. The van der Waals surface area contributed by atoms with E-state index >= 15 is 0 Å². The Hall–Kier alpha value is -1.22. The maximum atomic E-state index is 10.8. The van der Waals surface area contributed by atoms with Crippen LogP contribution in [0.3, 0.4) is 0 Å². The first-order valence-electron chi connectivity index (χ1n) is 8.13. The van der Waals surface area contributed by atoms with Crippen molar-refractivity contribution in [3.05, 3.63) is 29.3 Å². The van der Waals surface area contributed by atoms with E-state index in [0.29, 0.717) is 0 Å². The molecule has 1 aromatic carbocycles. The zero-order chi connectivity index (χ0) is 15.6. The average molecular weight is 324 g/mol. The van der Waals surface area contributed by atoms with Crippen molar-refractivity contribution in [1.29, 1.82) is 0 Å².